The van der Waals surface area contributed by atoms with Crippen LogP contribution < -0.4 is 10.6 Å². The molecule has 2 rings (SSSR count). The Hall–Kier alpha value is -0.940. The zero-order valence-corrected chi connectivity index (χ0v) is 14.0. The molecule has 2 N–H and O–H groups in total. The van der Waals surface area contributed by atoms with E-state index in [0.29, 0.717) is 22.4 Å². The van der Waals surface area contributed by atoms with Crippen LogP contribution >= 0.6 is 15.9 Å². The second-order valence-electron chi connectivity index (χ2n) is 5.93. The number of hydrogen-bond donors (Lipinski definition) is 2. The van der Waals surface area contributed by atoms with Gasteiger partial charge >= 0.3 is 0 Å². The summed E-state index contributed by atoms with van der Waals surface area (Å²) in [5.74, 6) is 0.609. The van der Waals surface area contributed by atoms with Crippen LogP contribution in [-0.4, -0.2) is 18.5 Å². The van der Waals surface area contributed by atoms with Gasteiger partial charge in [-0.15, -0.1) is 0 Å². The van der Waals surface area contributed by atoms with E-state index >= 15 is 0 Å². The summed E-state index contributed by atoms with van der Waals surface area (Å²) in [6.45, 7) is 4.71. The molecule has 0 aromatic heterocycles. The van der Waals surface area contributed by atoms with E-state index in [2.05, 4.69) is 40.4 Å². The molecule has 1 aliphatic rings. The fourth-order valence-corrected chi connectivity index (χ4v) is 3.21. The lowest BCUT2D eigenvalue weighted by Gasteiger charge is -2.34. The molecule has 3 atom stereocenters. The molecule has 1 saturated carbocycles. The van der Waals surface area contributed by atoms with Crippen LogP contribution in [0.4, 0.5) is 10.1 Å². The minimum atomic E-state index is -0.433. The monoisotopic (exact) mass is 356 g/mol. The van der Waals surface area contributed by atoms with Gasteiger partial charge in [0.25, 0.3) is 0 Å². The highest BCUT2D eigenvalue weighted by molar-refractivity contribution is 9.10. The topological polar surface area (TPSA) is 41.1 Å². The molecule has 3 nitrogen and oxygen atoms in total. The van der Waals surface area contributed by atoms with Gasteiger partial charge in [0.1, 0.15) is 5.82 Å². The summed E-state index contributed by atoms with van der Waals surface area (Å²) in [6, 6.07) is 4.97. The van der Waals surface area contributed by atoms with Crippen molar-refractivity contribution in [3.8, 4) is 0 Å². The Morgan fingerprint density at radius 2 is 2.14 bits per heavy atom. The third-order valence-corrected chi connectivity index (χ3v) is 4.93. The molecule has 116 valence electrons. The average molecular weight is 357 g/mol. The minimum Gasteiger partial charge on any atom is -0.322 e. The summed E-state index contributed by atoms with van der Waals surface area (Å²) in [5.41, 5.74) is 0.218. The van der Waals surface area contributed by atoms with Gasteiger partial charge in [0, 0.05) is 10.5 Å². The van der Waals surface area contributed by atoms with Crippen LogP contribution in [0.3, 0.4) is 0 Å². The second-order valence-corrected chi connectivity index (χ2v) is 6.84. The van der Waals surface area contributed by atoms with Gasteiger partial charge in [-0.2, -0.15) is 0 Å². The van der Waals surface area contributed by atoms with Crippen LogP contribution in [0.15, 0.2) is 22.7 Å². The van der Waals surface area contributed by atoms with Gasteiger partial charge in [0.15, 0.2) is 0 Å². The first-order valence-electron chi connectivity index (χ1n) is 7.45. The molecule has 0 heterocycles. The molecule has 1 amide bonds. The zero-order chi connectivity index (χ0) is 15.4. The van der Waals surface area contributed by atoms with Crippen molar-refractivity contribution in [2.75, 3.05) is 11.9 Å². The summed E-state index contributed by atoms with van der Waals surface area (Å²) >= 11 is 3.19. The predicted molar refractivity (Wildman–Crippen MR) is 86.7 cm³/mol. The first kappa shape index (κ1) is 16.4. The predicted octanol–water partition coefficient (Wildman–Crippen LogP) is 3.94. The normalized spacial score (nSPS) is 25.6. The van der Waals surface area contributed by atoms with Gasteiger partial charge < -0.3 is 10.6 Å². The second kappa shape index (κ2) is 7.36. The molecule has 0 bridgehead atoms. The molecule has 1 aromatic rings. The van der Waals surface area contributed by atoms with E-state index in [1.807, 2.05) is 0 Å². The van der Waals surface area contributed by atoms with Crippen molar-refractivity contribution in [1.29, 1.82) is 0 Å². The summed E-state index contributed by atoms with van der Waals surface area (Å²) in [4.78, 5) is 11.9. The molecule has 1 fully saturated rings. The molecule has 1 aliphatic carbocycles. The van der Waals surface area contributed by atoms with Gasteiger partial charge in [0.2, 0.25) is 5.91 Å². The summed E-state index contributed by atoms with van der Waals surface area (Å²) in [5, 5.41) is 5.91. The van der Waals surface area contributed by atoms with Gasteiger partial charge in [-0.1, -0.05) is 42.6 Å². The van der Waals surface area contributed by atoms with Gasteiger partial charge in [0.05, 0.1) is 12.2 Å². The molecule has 1 aromatic carbocycles. The molecule has 0 spiro atoms. The van der Waals surface area contributed by atoms with E-state index in [9.17, 15) is 9.18 Å². The molecular formula is C16H22BrFN2O. The maximum Gasteiger partial charge on any atom is 0.238 e. The van der Waals surface area contributed by atoms with Crippen LogP contribution in [0.1, 0.15) is 33.1 Å². The SMILES string of the molecule is CC1CCCC(NCC(=O)Nc2ccc(Br)cc2F)C1C. The average Bonchev–Trinajstić information content (AvgIpc) is 2.43. The Bertz CT molecular complexity index is 509. The van der Waals surface area contributed by atoms with E-state index in [-0.39, 0.29) is 18.1 Å². The zero-order valence-electron chi connectivity index (χ0n) is 12.5. The molecule has 3 unspecified atom stereocenters. The van der Waals surface area contributed by atoms with Crippen molar-refractivity contribution in [2.24, 2.45) is 11.8 Å². The van der Waals surface area contributed by atoms with Crippen LogP contribution in [0, 0.1) is 17.7 Å². The van der Waals surface area contributed by atoms with Crippen molar-refractivity contribution in [3.05, 3.63) is 28.5 Å². The number of halogens is 2. The third kappa shape index (κ3) is 4.51. The molecular weight excluding hydrogens is 335 g/mol. The quantitative estimate of drug-likeness (QED) is 0.857. The molecule has 0 saturated heterocycles. The number of carbonyl (C=O) groups is 1. The van der Waals surface area contributed by atoms with Crippen molar-refractivity contribution in [3.63, 3.8) is 0 Å². The number of anilines is 1. The van der Waals surface area contributed by atoms with Gasteiger partial charge in [-0.05, 0) is 36.5 Å². The highest BCUT2D eigenvalue weighted by atomic mass is 79.9. The van der Waals surface area contributed by atoms with E-state index < -0.39 is 5.82 Å². The van der Waals surface area contributed by atoms with E-state index in [1.54, 1.807) is 12.1 Å². The first-order valence-corrected chi connectivity index (χ1v) is 8.25. The largest absolute Gasteiger partial charge is 0.322 e. The standard InChI is InChI=1S/C16H22BrFN2O/c1-10-4-3-5-14(11(10)2)19-9-16(21)20-15-7-6-12(17)8-13(15)18/h6-8,10-11,14,19H,3-5,9H2,1-2H3,(H,20,21). The summed E-state index contributed by atoms with van der Waals surface area (Å²) < 4.78 is 14.3. The number of benzene rings is 1. The fourth-order valence-electron chi connectivity index (χ4n) is 2.88. The van der Waals surface area contributed by atoms with Crippen LogP contribution in [-0.2, 0) is 4.79 Å². The smallest absolute Gasteiger partial charge is 0.238 e. The van der Waals surface area contributed by atoms with Crippen molar-refractivity contribution in [2.45, 2.75) is 39.2 Å². The highest BCUT2D eigenvalue weighted by Gasteiger charge is 2.26. The van der Waals surface area contributed by atoms with Gasteiger partial charge in [-0.3, -0.25) is 4.79 Å². The Labute approximate surface area is 133 Å². The number of carbonyl (C=O) groups excluding carboxylic acids is 1. The number of rotatable bonds is 4. The first-order chi connectivity index (χ1) is 9.97. The lowest BCUT2D eigenvalue weighted by Crippen LogP contribution is -2.43. The van der Waals surface area contributed by atoms with Crippen LogP contribution in [0.25, 0.3) is 0 Å². The Morgan fingerprint density at radius 3 is 2.86 bits per heavy atom. The highest BCUT2D eigenvalue weighted by Crippen LogP contribution is 2.29. The fraction of sp³-hybridized carbons (Fsp3) is 0.562. The maximum absolute atomic E-state index is 13.7. The molecule has 0 radical (unpaired) electrons. The summed E-state index contributed by atoms with van der Waals surface area (Å²) in [7, 11) is 0. The molecule has 0 aliphatic heterocycles. The Morgan fingerprint density at radius 1 is 1.38 bits per heavy atom. The van der Waals surface area contributed by atoms with E-state index in [4.69, 9.17) is 0 Å². The number of amides is 1. The van der Waals surface area contributed by atoms with Crippen molar-refractivity contribution < 1.29 is 9.18 Å². The lowest BCUT2D eigenvalue weighted by atomic mass is 9.78. The number of nitrogens with one attached hydrogen (secondary N) is 2. The lowest BCUT2D eigenvalue weighted by molar-refractivity contribution is -0.115. The maximum atomic E-state index is 13.7. The van der Waals surface area contributed by atoms with E-state index in [0.717, 1.165) is 6.42 Å². The van der Waals surface area contributed by atoms with Crippen LogP contribution in [0.2, 0.25) is 0 Å². The molecule has 21 heavy (non-hydrogen) atoms. The Kier molecular flexibility index (Phi) is 5.76. The Balaban J connectivity index is 1.84. The summed E-state index contributed by atoms with van der Waals surface area (Å²) in [6.07, 6.45) is 3.56. The van der Waals surface area contributed by atoms with E-state index in [1.165, 1.54) is 18.9 Å². The van der Waals surface area contributed by atoms with Crippen molar-refractivity contribution >= 4 is 27.5 Å². The molecule has 5 heteroatoms. The number of hydrogen-bond acceptors (Lipinski definition) is 2. The minimum absolute atomic E-state index is 0.207. The third-order valence-electron chi connectivity index (χ3n) is 4.44. The van der Waals surface area contributed by atoms with Gasteiger partial charge in [-0.25, -0.2) is 4.39 Å². The van der Waals surface area contributed by atoms with Crippen molar-refractivity contribution in [1.82, 2.24) is 5.32 Å². The van der Waals surface area contributed by atoms with Crippen LogP contribution in [0.5, 0.6) is 0 Å².